The van der Waals surface area contributed by atoms with Crippen molar-refractivity contribution in [3.8, 4) is 0 Å². The molecule has 0 aliphatic carbocycles. The highest BCUT2D eigenvalue weighted by Gasteiger charge is 2.35. The normalized spacial score (nSPS) is 17.3. The van der Waals surface area contributed by atoms with Crippen molar-refractivity contribution in [3.05, 3.63) is 44.8 Å². The van der Waals surface area contributed by atoms with Gasteiger partial charge in [0.05, 0.1) is 10.6 Å². The van der Waals surface area contributed by atoms with Crippen molar-refractivity contribution >= 4 is 55.8 Å². The highest BCUT2D eigenvalue weighted by molar-refractivity contribution is 9.10. The number of aromatic nitrogens is 1. The van der Waals surface area contributed by atoms with Crippen LogP contribution in [0.25, 0.3) is 0 Å². The number of likely N-dealkylation sites (tertiary alicyclic amines) is 1. The highest BCUT2D eigenvalue weighted by atomic mass is 79.9. The first kappa shape index (κ1) is 16.4. The van der Waals surface area contributed by atoms with Gasteiger partial charge in [0, 0.05) is 22.6 Å². The number of rotatable bonds is 3. The number of carbonyl (C=O) groups is 2. The first-order chi connectivity index (χ1) is 11.1. The number of hydrogen-bond donors (Lipinski definition) is 1. The van der Waals surface area contributed by atoms with Crippen LogP contribution in [0.1, 0.15) is 23.2 Å². The Balaban J connectivity index is 1.78. The zero-order valence-electron chi connectivity index (χ0n) is 12.0. The molecule has 1 aliphatic heterocycles. The molecule has 2 heterocycles. The number of benzene rings is 1. The molecule has 0 radical (unpaired) electrons. The van der Waals surface area contributed by atoms with Crippen molar-refractivity contribution in [1.29, 1.82) is 0 Å². The molecule has 8 heteroatoms. The van der Waals surface area contributed by atoms with Crippen LogP contribution in [0.4, 0.5) is 5.13 Å². The Bertz CT molecular complexity index is 738. The maximum Gasteiger partial charge on any atom is 0.256 e. The topological polar surface area (TPSA) is 62.3 Å². The lowest BCUT2D eigenvalue weighted by molar-refractivity contribution is -0.119. The standard InChI is InChI=1S/C15H13BrClN3O2S/c16-9-3-4-10(11(17)8-9)14(22)20-6-1-2-12(20)13(21)19-15-18-5-7-23-15/h3-5,7-8,12H,1-2,6H2,(H,18,19,21). The quantitative estimate of drug-likeness (QED) is 0.831. The molecule has 120 valence electrons. The van der Waals surface area contributed by atoms with E-state index in [0.29, 0.717) is 28.7 Å². The van der Waals surface area contributed by atoms with Gasteiger partial charge in [-0.05, 0) is 31.0 Å². The Morgan fingerprint density at radius 1 is 1.43 bits per heavy atom. The fourth-order valence-electron chi connectivity index (χ4n) is 2.57. The van der Waals surface area contributed by atoms with E-state index in [1.165, 1.54) is 11.3 Å². The molecule has 1 N–H and O–H groups in total. The molecule has 1 unspecified atom stereocenters. The summed E-state index contributed by atoms with van der Waals surface area (Å²) in [6.45, 7) is 0.543. The smallest absolute Gasteiger partial charge is 0.256 e. The lowest BCUT2D eigenvalue weighted by Gasteiger charge is -2.24. The van der Waals surface area contributed by atoms with Crippen molar-refractivity contribution in [2.24, 2.45) is 0 Å². The molecule has 0 spiro atoms. The third-order valence-corrected chi connectivity index (χ3v) is 5.13. The van der Waals surface area contributed by atoms with Gasteiger partial charge in [-0.15, -0.1) is 11.3 Å². The summed E-state index contributed by atoms with van der Waals surface area (Å²) in [6.07, 6.45) is 3.05. The van der Waals surface area contributed by atoms with Crippen LogP contribution < -0.4 is 5.32 Å². The van der Waals surface area contributed by atoms with E-state index in [2.05, 4.69) is 26.2 Å². The number of nitrogens with zero attached hydrogens (tertiary/aromatic N) is 2. The van der Waals surface area contributed by atoms with Gasteiger partial charge in [0.1, 0.15) is 6.04 Å². The van der Waals surface area contributed by atoms with Crippen molar-refractivity contribution < 1.29 is 9.59 Å². The molecule has 2 aromatic rings. The van der Waals surface area contributed by atoms with Gasteiger partial charge >= 0.3 is 0 Å². The molecule has 1 aliphatic rings. The lowest BCUT2D eigenvalue weighted by atomic mass is 10.1. The van der Waals surface area contributed by atoms with Crippen LogP contribution >= 0.6 is 38.9 Å². The molecule has 23 heavy (non-hydrogen) atoms. The Morgan fingerprint density at radius 3 is 2.96 bits per heavy atom. The molecule has 0 bridgehead atoms. The van der Waals surface area contributed by atoms with Crippen LogP contribution in [0.5, 0.6) is 0 Å². The van der Waals surface area contributed by atoms with Crippen molar-refractivity contribution in [1.82, 2.24) is 9.88 Å². The average molecular weight is 415 g/mol. The second kappa shape index (κ2) is 6.98. The molecule has 1 aromatic carbocycles. The number of hydrogen-bond acceptors (Lipinski definition) is 4. The van der Waals surface area contributed by atoms with E-state index in [4.69, 9.17) is 11.6 Å². The van der Waals surface area contributed by atoms with E-state index < -0.39 is 6.04 Å². The van der Waals surface area contributed by atoms with E-state index in [-0.39, 0.29) is 11.8 Å². The summed E-state index contributed by atoms with van der Waals surface area (Å²) in [5.41, 5.74) is 0.406. The monoisotopic (exact) mass is 413 g/mol. The molecular formula is C15H13BrClN3O2S. The van der Waals surface area contributed by atoms with E-state index in [9.17, 15) is 9.59 Å². The van der Waals surface area contributed by atoms with Gasteiger partial charge in [0.15, 0.2) is 5.13 Å². The van der Waals surface area contributed by atoms with Crippen molar-refractivity contribution in [2.75, 3.05) is 11.9 Å². The van der Waals surface area contributed by atoms with Gasteiger partial charge < -0.3 is 10.2 Å². The molecule has 0 saturated carbocycles. The van der Waals surface area contributed by atoms with Crippen molar-refractivity contribution in [2.45, 2.75) is 18.9 Å². The lowest BCUT2D eigenvalue weighted by Crippen LogP contribution is -2.43. The van der Waals surface area contributed by atoms with Gasteiger partial charge in [-0.25, -0.2) is 4.98 Å². The Labute approximate surface area is 150 Å². The first-order valence-electron chi connectivity index (χ1n) is 7.02. The molecule has 2 amide bonds. The van der Waals surface area contributed by atoms with E-state index in [1.54, 1.807) is 34.7 Å². The van der Waals surface area contributed by atoms with Gasteiger partial charge in [-0.3, -0.25) is 9.59 Å². The third kappa shape index (κ3) is 3.57. The zero-order chi connectivity index (χ0) is 16.4. The maximum absolute atomic E-state index is 12.7. The van der Waals surface area contributed by atoms with Crippen LogP contribution in [0, 0.1) is 0 Å². The average Bonchev–Trinajstić information content (AvgIpc) is 3.17. The Morgan fingerprint density at radius 2 is 2.26 bits per heavy atom. The number of halogens is 2. The zero-order valence-corrected chi connectivity index (χ0v) is 15.1. The molecule has 1 fully saturated rings. The molecule has 1 saturated heterocycles. The Hall–Kier alpha value is -1.44. The Kier molecular flexibility index (Phi) is 4.99. The van der Waals surface area contributed by atoms with Gasteiger partial charge in [-0.1, -0.05) is 27.5 Å². The minimum absolute atomic E-state index is 0.209. The predicted octanol–water partition coefficient (Wildman–Crippen LogP) is 3.80. The second-order valence-electron chi connectivity index (χ2n) is 5.11. The van der Waals surface area contributed by atoms with Crippen LogP contribution in [0.2, 0.25) is 5.02 Å². The number of amides is 2. The number of anilines is 1. The van der Waals surface area contributed by atoms with Crippen LogP contribution in [-0.2, 0) is 4.79 Å². The third-order valence-electron chi connectivity index (χ3n) is 3.64. The number of nitrogens with one attached hydrogen (secondary N) is 1. The highest BCUT2D eigenvalue weighted by Crippen LogP contribution is 2.27. The number of carbonyl (C=O) groups excluding carboxylic acids is 2. The summed E-state index contributed by atoms with van der Waals surface area (Å²) in [7, 11) is 0. The molecule has 1 atom stereocenters. The SMILES string of the molecule is O=C(Nc1nccs1)C1CCCN1C(=O)c1ccc(Br)cc1Cl. The minimum Gasteiger partial charge on any atom is -0.327 e. The largest absolute Gasteiger partial charge is 0.327 e. The predicted molar refractivity (Wildman–Crippen MR) is 94.0 cm³/mol. The van der Waals surface area contributed by atoms with E-state index >= 15 is 0 Å². The molecule has 5 nitrogen and oxygen atoms in total. The summed E-state index contributed by atoms with van der Waals surface area (Å²) < 4.78 is 0.804. The summed E-state index contributed by atoms with van der Waals surface area (Å²) in [4.78, 5) is 30.8. The van der Waals surface area contributed by atoms with Gasteiger partial charge in [0.25, 0.3) is 5.91 Å². The maximum atomic E-state index is 12.7. The minimum atomic E-state index is -0.494. The summed E-state index contributed by atoms with van der Waals surface area (Å²) in [6, 6.07) is 4.61. The van der Waals surface area contributed by atoms with E-state index in [0.717, 1.165) is 10.9 Å². The second-order valence-corrected chi connectivity index (χ2v) is 7.32. The van der Waals surface area contributed by atoms with Crippen molar-refractivity contribution in [3.63, 3.8) is 0 Å². The summed E-state index contributed by atoms with van der Waals surface area (Å²) >= 11 is 10.8. The fraction of sp³-hybridized carbons (Fsp3) is 0.267. The molecular weight excluding hydrogens is 402 g/mol. The van der Waals surface area contributed by atoms with Gasteiger partial charge in [-0.2, -0.15) is 0 Å². The van der Waals surface area contributed by atoms with Crippen LogP contribution in [0.15, 0.2) is 34.2 Å². The summed E-state index contributed by atoms with van der Waals surface area (Å²) in [5.74, 6) is -0.432. The fourth-order valence-corrected chi connectivity index (χ4v) is 3.86. The van der Waals surface area contributed by atoms with E-state index in [1.807, 2.05) is 0 Å². The molecule has 1 aromatic heterocycles. The summed E-state index contributed by atoms with van der Waals surface area (Å²) in [5, 5.41) is 5.45. The molecule has 3 rings (SSSR count). The van der Waals surface area contributed by atoms with Crippen LogP contribution in [-0.4, -0.2) is 34.3 Å². The first-order valence-corrected chi connectivity index (χ1v) is 9.07. The van der Waals surface area contributed by atoms with Gasteiger partial charge in [0.2, 0.25) is 5.91 Å². The van der Waals surface area contributed by atoms with Crippen LogP contribution in [0.3, 0.4) is 0 Å². The number of thiazole rings is 1.